The van der Waals surface area contributed by atoms with Gasteiger partial charge in [0.15, 0.2) is 0 Å². The summed E-state index contributed by atoms with van der Waals surface area (Å²) >= 11 is 0. The number of aryl methyl sites for hydroxylation is 1. The largest absolute Gasteiger partial charge is 0.468 e. The minimum absolute atomic E-state index is 0.793. The Bertz CT molecular complexity index is 717. The number of hydrogen-bond donors (Lipinski definition) is 0. The molecule has 0 N–H and O–H groups in total. The van der Waals surface area contributed by atoms with Gasteiger partial charge in [0.1, 0.15) is 5.76 Å². The number of rotatable bonds is 5. The van der Waals surface area contributed by atoms with Crippen LogP contribution in [0.25, 0.3) is 11.1 Å². The van der Waals surface area contributed by atoms with Gasteiger partial charge in [-0.3, -0.25) is 9.88 Å². The van der Waals surface area contributed by atoms with Crippen molar-refractivity contribution in [2.45, 2.75) is 20.0 Å². The molecule has 0 amide bonds. The Morgan fingerprint density at radius 1 is 1.00 bits per heavy atom. The van der Waals surface area contributed by atoms with Crippen molar-refractivity contribution < 1.29 is 4.42 Å². The van der Waals surface area contributed by atoms with Crippen LogP contribution in [-0.2, 0) is 13.1 Å². The Kier molecular flexibility index (Phi) is 4.35. The van der Waals surface area contributed by atoms with Crippen molar-refractivity contribution in [3.8, 4) is 11.1 Å². The molecule has 0 aliphatic carbocycles. The molecule has 0 aliphatic heterocycles. The molecule has 22 heavy (non-hydrogen) atoms. The number of aromatic nitrogens is 1. The normalized spacial score (nSPS) is 11.0. The van der Waals surface area contributed by atoms with Gasteiger partial charge in [-0.2, -0.15) is 0 Å². The van der Waals surface area contributed by atoms with Gasteiger partial charge in [0.25, 0.3) is 0 Å². The summed E-state index contributed by atoms with van der Waals surface area (Å²) in [6, 6.07) is 14.7. The van der Waals surface area contributed by atoms with Gasteiger partial charge in [0.2, 0.25) is 0 Å². The van der Waals surface area contributed by atoms with Gasteiger partial charge in [0, 0.05) is 24.5 Å². The third-order valence-corrected chi connectivity index (χ3v) is 3.64. The molecule has 0 saturated heterocycles. The maximum Gasteiger partial charge on any atom is 0.117 e. The summed E-state index contributed by atoms with van der Waals surface area (Å²) in [5.74, 6) is 0.977. The van der Waals surface area contributed by atoms with Crippen LogP contribution in [-0.4, -0.2) is 16.9 Å². The zero-order valence-corrected chi connectivity index (χ0v) is 13.0. The van der Waals surface area contributed by atoms with E-state index in [-0.39, 0.29) is 0 Å². The van der Waals surface area contributed by atoms with E-state index in [2.05, 4.69) is 54.2 Å². The summed E-state index contributed by atoms with van der Waals surface area (Å²) in [6.07, 6.45) is 5.56. The molecule has 2 heterocycles. The first-order valence-corrected chi connectivity index (χ1v) is 7.42. The molecule has 0 unspecified atom stereocenters. The lowest BCUT2D eigenvalue weighted by Gasteiger charge is -2.15. The van der Waals surface area contributed by atoms with E-state index >= 15 is 0 Å². The van der Waals surface area contributed by atoms with Crippen LogP contribution in [0.1, 0.15) is 16.9 Å². The summed E-state index contributed by atoms with van der Waals surface area (Å²) in [4.78, 5) is 6.60. The van der Waals surface area contributed by atoms with Gasteiger partial charge in [-0.25, -0.2) is 0 Å². The second-order valence-electron chi connectivity index (χ2n) is 5.70. The standard InChI is InChI=1S/C19H20N2O/c1-15-5-7-17(8-6-15)18-10-16(11-20-12-18)13-21(2)14-19-4-3-9-22-19/h3-12H,13-14H2,1-2H3. The molecular weight excluding hydrogens is 272 g/mol. The van der Waals surface area contributed by atoms with Crippen molar-refractivity contribution in [1.29, 1.82) is 0 Å². The molecule has 0 spiro atoms. The Labute approximate surface area is 131 Å². The molecule has 2 aromatic heterocycles. The van der Waals surface area contributed by atoms with Crippen LogP contribution < -0.4 is 0 Å². The number of hydrogen-bond acceptors (Lipinski definition) is 3. The molecule has 3 nitrogen and oxygen atoms in total. The molecule has 0 fully saturated rings. The van der Waals surface area contributed by atoms with E-state index in [4.69, 9.17) is 4.42 Å². The molecule has 3 heteroatoms. The molecule has 0 bridgehead atoms. The van der Waals surface area contributed by atoms with Crippen LogP contribution in [0, 0.1) is 6.92 Å². The predicted molar refractivity (Wildman–Crippen MR) is 88.3 cm³/mol. The van der Waals surface area contributed by atoms with E-state index in [9.17, 15) is 0 Å². The monoisotopic (exact) mass is 292 g/mol. The fourth-order valence-corrected chi connectivity index (χ4v) is 2.51. The Hall–Kier alpha value is -2.39. The minimum Gasteiger partial charge on any atom is -0.468 e. The number of benzene rings is 1. The van der Waals surface area contributed by atoms with Gasteiger partial charge in [0.05, 0.1) is 12.8 Å². The molecule has 0 saturated carbocycles. The molecule has 1 aromatic carbocycles. The number of furan rings is 1. The second kappa shape index (κ2) is 6.58. The highest BCUT2D eigenvalue weighted by Crippen LogP contribution is 2.20. The summed E-state index contributed by atoms with van der Waals surface area (Å²) < 4.78 is 5.39. The molecule has 0 radical (unpaired) electrons. The van der Waals surface area contributed by atoms with Crippen molar-refractivity contribution in [3.63, 3.8) is 0 Å². The lowest BCUT2D eigenvalue weighted by molar-refractivity contribution is 0.287. The third kappa shape index (κ3) is 3.62. The SMILES string of the molecule is Cc1ccc(-c2cncc(CN(C)Cc3ccco3)c2)cc1. The molecule has 3 rings (SSSR count). The average Bonchev–Trinajstić information content (AvgIpc) is 3.01. The highest BCUT2D eigenvalue weighted by molar-refractivity contribution is 5.63. The molecule has 3 aromatic rings. The van der Waals surface area contributed by atoms with Crippen LogP contribution in [0.3, 0.4) is 0 Å². The summed E-state index contributed by atoms with van der Waals surface area (Å²) in [5.41, 5.74) is 4.83. The van der Waals surface area contributed by atoms with Gasteiger partial charge >= 0.3 is 0 Å². The second-order valence-corrected chi connectivity index (χ2v) is 5.70. The smallest absolute Gasteiger partial charge is 0.117 e. The highest BCUT2D eigenvalue weighted by Gasteiger charge is 2.06. The van der Waals surface area contributed by atoms with Crippen LogP contribution in [0.2, 0.25) is 0 Å². The van der Waals surface area contributed by atoms with Crippen molar-refractivity contribution in [3.05, 3.63) is 78.0 Å². The zero-order chi connectivity index (χ0) is 15.4. The van der Waals surface area contributed by atoms with E-state index in [1.54, 1.807) is 6.26 Å². The Balaban J connectivity index is 1.72. The topological polar surface area (TPSA) is 29.3 Å². The zero-order valence-electron chi connectivity index (χ0n) is 13.0. The van der Waals surface area contributed by atoms with Crippen molar-refractivity contribution in [2.75, 3.05) is 7.05 Å². The quantitative estimate of drug-likeness (QED) is 0.703. The number of nitrogens with zero attached hydrogens (tertiary/aromatic N) is 2. The van der Waals surface area contributed by atoms with Gasteiger partial charge < -0.3 is 4.42 Å². The van der Waals surface area contributed by atoms with Crippen LogP contribution in [0.15, 0.2) is 65.5 Å². The van der Waals surface area contributed by atoms with Crippen LogP contribution >= 0.6 is 0 Å². The molecular formula is C19H20N2O. The van der Waals surface area contributed by atoms with E-state index in [0.29, 0.717) is 0 Å². The van der Waals surface area contributed by atoms with Gasteiger partial charge in [-0.05, 0) is 43.3 Å². The summed E-state index contributed by atoms with van der Waals surface area (Å²) in [5, 5.41) is 0. The van der Waals surface area contributed by atoms with Crippen LogP contribution in [0.4, 0.5) is 0 Å². The lowest BCUT2D eigenvalue weighted by Crippen LogP contribution is -2.16. The fraction of sp³-hybridized carbons (Fsp3) is 0.211. The molecule has 0 aliphatic rings. The number of pyridine rings is 1. The van der Waals surface area contributed by atoms with E-state index in [1.165, 1.54) is 16.7 Å². The first kappa shape index (κ1) is 14.5. The van der Waals surface area contributed by atoms with Crippen LogP contribution in [0.5, 0.6) is 0 Å². The Morgan fingerprint density at radius 2 is 1.82 bits per heavy atom. The van der Waals surface area contributed by atoms with Crippen molar-refractivity contribution in [2.24, 2.45) is 0 Å². The minimum atomic E-state index is 0.793. The fourth-order valence-electron chi connectivity index (χ4n) is 2.51. The van der Waals surface area contributed by atoms with Gasteiger partial charge in [-0.1, -0.05) is 29.8 Å². The maximum atomic E-state index is 5.39. The Morgan fingerprint density at radius 3 is 2.55 bits per heavy atom. The summed E-state index contributed by atoms with van der Waals surface area (Å²) in [7, 11) is 2.08. The van der Waals surface area contributed by atoms with E-state index in [1.807, 2.05) is 24.5 Å². The molecule has 0 atom stereocenters. The first-order valence-electron chi connectivity index (χ1n) is 7.42. The van der Waals surface area contributed by atoms with Crippen molar-refractivity contribution >= 4 is 0 Å². The van der Waals surface area contributed by atoms with Gasteiger partial charge in [-0.15, -0.1) is 0 Å². The highest BCUT2D eigenvalue weighted by atomic mass is 16.3. The van der Waals surface area contributed by atoms with E-state index < -0.39 is 0 Å². The lowest BCUT2D eigenvalue weighted by atomic mass is 10.0. The maximum absolute atomic E-state index is 5.39. The molecule has 112 valence electrons. The third-order valence-electron chi connectivity index (χ3n) is 3.64. The first-order chi connectivity index (χ1) is 10.7. The van der Waals surface area contributed by atoms with Crippen molar-refractivity contribution in [1.82, 2.24) is 9.88 Å². The summed E-state index contributed by atoms with van der Waals surface area (Å²) in [6.45, 7) is 3.73. The average molecular weight is 292 g/mol. The predicted octanol–water partition coefficient (Wildman–Crippen LogP) is 4.28. The van der Waals surface area contributed by atoms with E-state index in [0.717, 1.165) is 24.4 Å².